The maximum Gasteiger partial charge on any atom is 0.274 e. The Morgan fingerprint density at radius 1 is 1.35 bits per heavy atom. The van der Waals surface area contributed by atoms with Gasteiger partial charge in [0.2, 0.25) is 0 Å². The van der Waals surface area contributed by atoms with E-state index in [1.54, 1.807) is 11.1 Å². The summed E-state index contributed by atoms with van der Waals surface area (Å²) in [6, 6.07) is 0.110. The van der Waals surface area contributed by atoms with E-state index in [4.69, 9.17) is 5.11 Å². The quantitative estimate of drug-likeness (QED) is 0.755. The molecule has 0 saturated carbocycles. The zero-order chi connectivity index (χ0) is 15.0. The average molecular weight is 280 g/mol. The molecule has 0 bridgehead atoms. The van der Waals surface area contributed by atoms with E-state index in [9.17, 15) is 4.79 Å². The van der Waals surface area contributed by atoms with Crippen LogP contribution < -0.4 is 5.32 Å². The van der Waals surface area contributed by atoms with Crippen LogP contribution in [0.1, 0.15) is 44.1 Å². The Labute approximate surface area is 120 Å². The number of aliphatic hydroxyl groups excluding tert-OH is 1. The fourth-order valence-corrected chi connectivity index (χ4v) is 2.17. The number of nitrogens with zero attached hydrogens (tertiary/aromatic N) is 3. The number of carbonyl (C=O) groups excluding carboxylic acids is 1. The van der Waals surface area contributed by atoms with Crippen LogP contribution in [0.2, 0.25) is 0 Å². The molecule has 0 spiro atoms. The van der Waals surface area contributed by atoms with Crippen molar-refractivity contribution in [2.45, 2.75) is 39.7 Å². The van der Waals surface area contributed by atoms with Crippen molar-refractivity contribution in [3.8, 4) is 0 Å². The third-order valence-electron chi connectivity index (χ3n) is 3.20. The molecule has 0 fully saturated rings. The van der Waals surface area contributed by atoms with Gasteiger partial charge in [0.05, 0.1) is 19.0 Å². The number of hydrogen-bond donors (Lipinski definition) is 2. The van der Waals surface area contributed by atoms with Crippen molar-refractivity contribution in [3.05, 3.63) is 18.1 Å². The first-order valence-corrected chi connectivity index (χ1v) is 7.15. The molecule has 0 radical (unpaired) electrons. The predicted molar refractivity (Wildman–Crippen MR) is 78.7 cm³/mol. The van der Waals surface area contributed by atoms with E-state index < -0.39 is 0 Å². The van der Waals surface area contributed by atoms with Crippen molar-refractivity contribution < 1.29 is 9.90 Å². The molecule has 112 valence electrons. The molecule has 0 aliphatic rings. The normalized spacial score (nSPS) is 10.7. The van der Waals surface area contributed by atoms with Crippen LogP contribution in [0.25, 0.3) is 0 Å². The van der Waals surface area contributed by atoms with Crippen LogP contribution in [0.5, 0.6) is 0 Å². The van der Waals surface area contributed by atoms with Crippen LogP contribution in [0.3, 0.4) is 0 Å². The van der Waals surface area contributed by atoms with Crippen LogP contribution in [0, 0.1) is 0 Å². The highest BCUT2D eigenvalue weighted by molar-refractivity contribution is 5.92. The molecule has 1 aromatic heterocycles. The molecule has 0 aromatic carbocycles. The lowest BCUT2D eigenvalue weighted by Crippen LogP contribution is -2.42. The Balaban J connectivity index is 2.96. The number of carbonyl (C=O) groups is 1. The van der Waals surface area contributed by atoms with Gasteiger partial charge < -0.3 is 15.3 Å². The average Bonchev–Trinajstić information content (AvgIpc) is 2.47. The Bertz CT molecular complexity index is 421. The lowest BCUT2D eigenvalue weighted by molar-refractivity contribution is 0.0616. The Hall–Kier alpha value is -1.69. The SMILES string of the molecule is CCNc1cncc(C(=O)N(CCO)C(CC)CC)n1. The molecule has 1 rings (SSSR count). The topological polar surface area (TPSA) is 78.4 Å². The van der Waals surface area contributed by atoms with Crippen LogP contribution >= 0.6 is 0 Å². The van der Waals surface area contributed by atoms with Gasteiger partial charge in [0.15, 0.2) is 0 Å². The van der Waals surface area contributed by atoms with E-state index in [0.29, 0.717) is 18.1 Å². The second-order valence-corrected chi connectivity index (χ2v) is 4.51. The van der Waals surface area contributed by atoms with E-state index >= 15 is 0 Å². The largest absolute Gasteiger partial charge is 0.395 e. The number of aromatic nitrogens is 2. The van der Waals surface area contributed by atoms with Crippen molar-refractivity contribution in [1.29, 1.82) is 0 Å². The second kappa shape index (κ2) is 8.47. The summed E-state index contributed by atoms with van der Waals surface area (Å²) in [6.45, 7) is 7.01. The van der Waals surface area contributed by atoms with Gasteiger partial charge in [-0.25, -0.2) is 4.98 Å². The van der Waals surface area contributed by atoms with Gasteiger partial charge in [-0.2, -0.15) is 0 Å². The number of rotatable bonds is 8. The van der Waals surface area contributed by atoms with Gasteiger partial charge >= 0.3 is 0 Å². The number of amides is 1. The summed E-state index contributed by atoms with van der Waals surface area (Å²) in [5, 5.41) is 12.2. The van der Waals surface area contributed by atoms with Gasteiger partial charge in [0.25, 0.3) is 5.91 Å². The van der Waals surface area contributed by atoms with Crippen LogP contribution in [0.4, 0.5) is 5.82 Å². The van der Waals surface area contributed by atoms with Crippen molar-refractivity contribution in [3.63, 3.8) is 0 Å². The molecule has 0 saturated heterocycles. The highest BCUT2D eigenvalue weighted by Gasteiger charge is 2.23. The number of nitrogens with one attached hydrogen (secondary N) is 1. The van der Waals surface area contributed by atoms with Gasteiger partial charge in [-0.15, -0.1) is 0 Å². The Morgan fingerprint density at radius 3 is 2.60 bits per heavy atom. The zero-order valence-corrected chi connectivity index (χ0v) is 12.5. The third-order valence-corrected chi connectivity index (χ3v) is 3.20. The Kier molecular flexibility index (Phi) is 6.93. The summed E-state index contributed by atoms with van der Waals surface area (Å²) in [5.74, 6) is 0.409. The van der Waals surface area contributed by atoms with E-state index in [-0.39, 0.29) is 18.6 Å². The van der Waals surface area contributed by atoms with Crippen molar-refractivity contribution in [1.82, 2.24) is 14.9 Å². The molecule has 2 N–H and O–H groups in total. The minimum atomic E-state index is -0.181. The van der Waals surface area contributed by atoms with Crippen molar-refractivity contribution >= 4 is 11.7 Å². The zero-order valence-electron chi connectivity index (χ0n) is 12.5. The molecular weight excluding hydrogens is 256 g/mol. The van der Waals surface area contributed by atoms with Gasteiger partial charge in [0.1, 0.15) is 11.5 Å². The lowest BCUT2D eigenvalue weighted by atomic mass is 10.1. The third kappa shape index (κ3) is 4.16. The minimum Gasteiger partial charge on any atom is -0.395 e. The first kappa shape index (κ1) is 16.4. The van der Waals surface area contributed by atoms with Gasteiger partial charge in [-0.05, 0) is 19.8 Å². The summed E-state index contributed by atoms with van der Waals surface area (Å²) in [6.07, 6.45) is 4.76. The molecule has 6 heteroatoms. The smallest absolute Gasteiger partial charge is 0.274 e. The standard InChI is InChI=1S/C14H24N4O2/c1-4-11(5-2)18(7-8-19)14(20)12-9-15-10-13(17-12)16-6-3/h9-11,19H,4-8H2,1-3H3,(H,16,17). The van der Waals surface area contributed by atoms with Crippen molar-refractivity contribution in [2.24, 2.45) is 0 Å². The van der Waals surface area contributed by atoms with Crippen LogP contribution in [-0.2, 0) is 0 Å². The molecule has 1 aromatic rings. The summed E-state index contributed by atoms with van der Waals surface area (Å²) in [7, 11) is 0. The summed E-state index contributed by atoms with van der Waals surface area (Å²) >= 11 is 0. The monoisotopic (exact) mass is 280 g/mol. The Morgan fingerprint density at radius 2 is 2.05 bits per heavy atom. The van der Waals surface area contributed by atoms with E-state index in [0.717, 1.165) is 19.4 Å². The van der Waals surface area contributed by atoms with Gasteiger partial charge in [-0.3, -0.25) is 9.78 Å². The molecule has 20 heavy (non-hydrogen) atoms. The number of anilines is 1. The maximum atomic E-state index is 12.5. The lowest BCUT2D eigenvalue weighted by Gasteiger charge is -2.29. The molecule has 0 aliphatic carbocycles. The van der Waals surface area contributed by atoms with Crippen molar-refractivity contribution in [2.75, 3.05) is 25.0 Å². The molecule has 0 aliphatic heterocycles. The van der Waals surface area contributed by atoms with Crippen LogP contribution in [-0.4, -0.2) is 51.6 Å². The van der Waals surface area contributed by atoms with E-state index in [1.165, 1.54) is 6.20 Å². The fourth-order valence-electron chi connectivity index (χ4n) is 2.17. The number of aliphatic hydroxyl groups is 1. The molecule has 6 nitrogen and oxygen atoms in total. The predicted octanol–water partition coefficient (Wildman–Crippen LogP) is 1.53. The summed E-state index contributed by atoms with van der Waals surface area (Å²) in [4.78, 5) is 22.5. The van der Waals surface area contributed by atoms with Crippen LogP contribution in [0.15, 0.2) is 12.4 Å². The van der Waals surface area contributed by atoms with Gasteiger partial charge in [0, 0.05) is 19.1 Å². The number of hydrogen-bond acceptors (Lipinski definition) is 5. The molecule has 0 unspecified atom stereocenters. The minimum absolute atomic E-state index is 0.0530. The summed E-state index contributed by atoms with van der Waals surface area (Å²) < 4.78 is 0. The fraction of sp³-hybridized carbons (Fsp3) is 0.643. The first-order valence-electron chi connectivity index (χ1n) is 7.15. The summed E-state index contributed by atoms with van der Waals surface area (Å²) in [5.41, 5.74) is 0.309. The highest BCUT2D eigenvalue weighted by Crippen LogP contribution is 2.13. The highest BCUT2D eigenvalue weighted by atomic mass is 16.3. The maximum absolute atomic E-state index is 12.5. The first-order chi connectivity index (χ1) is 9.67. The molecule has 1 heterocycles. The van der Waals surface area contributed by atoms with Gasteiger partial charge in [-0.1, -0.05) is 13.8 Å². The molecular formula is C14H24N4O2. The second-order valence-electron chi connectivity index (χ2n) is 4.51. The van der Waals surface area contributed by atoms with E-state index in [1.807, 2.05) is 20.8 Å². The van der Waals surface area contributed by atoms with E-state index in [2.05, 4.69) is 15.3 Å². The molecule has 1 amide bonds. The molecule has 0 atom stereocenters.